The summed E-state index contributed by atoms with van der Waals surface area (Å²) in [4.78, 5) is 56.7. The third-order valence-corrected chi connectivity index (χ3v) is 13.0. The van der Waals surface area contributed by atoms with Gasteiger partial charge in [0.1, 0.15) is 40.9 Å². The fourth-order valence-electron chi connectivity index (χ4n) is 8.29. The molecule has 29 heteroatoms. The van der Waals surface area contributed by atoms with Gasteiger partial charge in [0.15, 0.2) is 0 Å². The van der Waals surface area contributed by atoms with Gasteiger partial charge in [-0.1, -0.05) is 34.1 Å². The highest BCUT2D eigenvalue weighted by Gasteiger charge is 2.39. The number of anilines is 3. The summed E-state index contributed by atoms with van der Waals surface area (Å²) in [7, 11) is 0. The zero-order chi connectivity index (χ0) is 62.9. The Kier molecular flexibility index (Phi) is 17.8. The molecule has 2 aromatic carbocycles. The number of benzene rings is 2. The lowest BCUT2D eigenvalue weighted by molar-refractivity contribution is -0.143. The van der Waals surface area contributed by atoms with Gasteiger partial charge in [-0.2, -0.15) is 54.8 Å². The van der Waals surface area contributed by atoms with E-state index in [9.17, 15) is 49.1 Å². The molecule has 2 amide bonds. The topological polar surface area (TPSA) is 241 Å². The molecule has 89 heavy (non-hydrogen) atoms. The number of nitrogens with two attached hydrogens (primary N) is 1. The van der Waals surface area contributed by atoms with E-state index in [1.165, 1.54) is 98.5 Å². The van der Waals surface area contributed by atoms with Crippen LogP contribution in [-0.4, -0.2) is 81.0 Å². The normalized spacial score (nSPS) is 11.4. The number of pyridine rings is 6. The molecule has 0 aliphatic carbocycles. The second kappa shape index (κ2) is 26.1. The lowest BCUT2D eigenvalue weighted by Gasteiger charge is -2.11. The van der Waals surface area contributed by atoms with Gasteiger partial charge in [-0.25, -0.2) is 39.0 Å². The maximum absolute atomic E-state index is 13.7. The fourth-order valence-corrected chi connectivity index (χ4v) is 8.69. The molecule has 0 radical (unpaired) electrons. The number of carbonyl (C=O) groups excluding carboxylic acids is 2. The molecule has 0 bridgehead atoms. The first-order valence-electron chi connectivity index (χ1n) is 25.8. The average Bonchev–Trinajstić information content (AvgIpc) is 2.04. The van der Waals surface area contributed by atoms with Crippen LogP contribution in [0.2, 0.25) is 0 Å². The van der Waals surface area contributed by atoms with Gasteiger partial charge in [0.05, 0.1) is 52.7 Å². The van der Waals surface area contributed by atoms with Crippen LogP contribution in [0.4, 0.5) is 57.0 Å². The minimum absolute atomic E-state index is 0.0848. The predicted molar refractivity (Wildman–Crippen MR) is 311 cm³/mol. The first-order valence-corrected chi connectivity index (χ1v) is 26.6. The summed E-state index contributed by atoms with van der Waals surface area (Å²) in [6.45, 7) is 0. The maximum atomic E-state index is 13.7. The third-order valence-electron chi connectivity index (χ3n) is 12.5. The molecule has 10 heterocycles. The van der Waals surface area contributed by atoms with Crippen molar-refractivity contribution in [2.75, 3.05) is 16.4 Å². The molecular weight excluding hydrogens is 1240 g/mol. The molecule has 19 nitrogen and oxygen atoms in total. The monoisotopic (exact) mass is 1280 g/mol. The molecule has 0 aliphatic heterocycles. The highest BCUT2D eigenvalue weighted by Crippen LogP contribution is 2.37. The number of nitrogens with zero attached hydrogens (tertiary/aromatic N) is 14. The molecule has 0 saturated heterocycles. The van der Waals surface area contributed by atoms with E-state index in [2.05, 4.69) is 81.7 Å². The summed E-state index contributed by atoms with van der Waals surface area (Å²) in [6.07, 6.45) is 3.44. The molecule has 446 valence electrons. The van der Waals surface area contributed by atoms with Crippen LogP contribution in [0.5, 0.6) is 0 Å². The van der Waals surface area contributed by atoms with Crippen LogP contribution < -0.4 is 16.4 Å². The van der Waals surface area contributed by atoms with E-state index in [-0.39, 0.29) is 51.6 Å². The number of nitrogens with one attached hydrogen (secondary N) is 2. The maximum Gasteiger partial charge on any atom is 0.433 e. The third kappa shape index (κ3) is 15.0. The summed E-state index contributed by atoms with van der Waals surface area (Å²) in [5.41, 5.74) is 7.14. The second-order valence-electron chi connectivity index (χ2n) is 18.6. The number of hydrogen-bond acceptors (Lipinski definition) is 14. The number of hydrogen-bond donors (Lipinski definition) is 3. The number of nitrogen functional groups attached to an aromatic ring is 1. The highest BCUT2D eigenvalue weighted by molar-refractivity contribution is 9.10. The molecule has 4 N–H and O–H groups in total. The number of carbonyl (C=O) groups is 2. The van der Waals surface area contributed by atoms with Crippen LogP contribution in [0, 0.1) is 0 Å². The molecule has 0 unspecified atom stereocenters. The lowest BCUT2D eigenvalue weighted by atomic mass is 10.1. The van der Waals surface area contributed by atoms with E-state index >= 15 is 0 Å². The summed E-state index contributed by atoms with van der Waals surface area (Å²) in [5, 5.41) is 17.5. The predicted octanol–water partition coefficient (Wildman–Crippen LogP) is 13.4. The van der Waals surface area contributed by atoms with Gasteiger partial charge in [0, 0.05) is 87.4 Å². The zero-order valence-electron chi connectivity index (χ0n) is 45.1. The average molecular weight is 1280 g/mol. The number of alkyl halides is 9. The number of amides is 2. The molecule has 0 aliphatic rings. The van der Waals surface area contributed by atoms with Gasteiger partial charge in [-0.05, 0) is 127 Å². The van der Waals surface area contributed by atoms with Gasteiger partial charge in [-0.15, -0.1) is 0 Å². The number of rotatable bonds is 11. The minimum Gasteiger partial charge on any atom is -0.384 e. The van der Waals surface area contributed by atoms with Crippen molar-refractivity contribution in [3.8, 4) is 62.0 Å². The van der Waals surface area contributed by atoms with E-state index in [1.807, 2.05) is 6.07 Å². The summed E-state index contributed by atoms with van der Waals surface area (Å²) < 4.78 is 125. The van der Waals surface area contributed by atoms with Crippen molar-refractivity contribution in [2.24, 2.45) is 0 Å². The van der Waals surface area contributed by atoms with Gasteiger partial charge >= 0.3 is 18.5 Å². The Bertz CT molecular complexity index is 4380. The van der Waals surface area contributed by atoms with Gasteiger partial charge in [0.2, 0.25) is 0 Å². The Balaban J connectivity index is 0.000000151. The van der Waals surface area contributed by atoms with E-state index in [4.69, 9.17) is 5.73 Å². The Morgan fingerprint density at radius 3 is 1.15 bits per heavy atom. The van der Waals surface area contributed by atoms with Crippen LogP contribution in [-0.2, 0) is 18.5 Å². The Labute approximate surface area is 505 Å². The fraction of sp³-hybridized carbons (Fsp3) is 0.0500. The van der Waals surface area contributed by atoms with Crippen molar-refractivity contribution in [3.63, 3.8) is 0 Å². The van der Waals surface area contributed by atoms with Crippen molar-refractivity contribution in [3.05, 3.63) is 247 Å². The summed E-state index contributed by atoms with van der Waals surface area (Å²) in [5.74, 6) is -0.234. The van der Waals surface area contributed by atoms with E-state index in [0.29, 0.717) is 27.8 Å². The smallest absolute Gasteiger partial charge is 0.384 e. The standard InChI is InChI=1S/C25H16F3N7O.C21H13BrF3N5O.C14H10F3N5/c26-25(27,28)22-10-21(18-5-2-8-29-11-18)34-35(22)20-6-7-23(32-14-20)33-24(36)17-4-1-3-16(9-17)19-12-30-15-31-13-19;22-15-5-1-3-13(9-15)20(31)28-19-7-6-16(12-27-19)30-18(21(23,24)25)10-17(29-30)14-4-2-8-26-11-14;15-14(16,17)12-6-11(9-2-1-5-19-7-9)21-22(12)10-3-4-13(18)20-8-10/h1-15H,(H,32,33,36);1-12H,(H,27,28,31);1-8H,(H2,18,20). The quantitative estimate of drug-likeness (QED) is 0.102. The van der Waals surface area contributed by atoms with Gasteiger partial charge in [0.25, 0.3) is 11.8 Å². The Hall–Kier alpha value is -11.4. The number of aromatic nitrogens is 14. The summed E-state index contributed by atoms with van der Waals surface area (Å²) >= 11 is 3.29. The van der Waals surface area contributed by atoms with E-state index in [0.717, 1.165) is 47.8 Å². The van der Waals surface area contributed by atoms with Gasteiger partial charge in [-0.3, -0.25) is 24.5 Å². The molecule has 0 spiro atoms. The van der Waals surface area contributed by atoms with Crippen LogP contribution in [0.1, 0.15) is 37.8 Å². The van der Waals surface area contributed by atoms with E-state index < -0.39 is 47.4 Å². The first kappa shape index (κ1) is 60.8. The van der Waals surface area contributed by atoms with Crippen molar-refractivity contribution < 1.29 is 49.1 Å². The van der Waals surface area contributed by atoms with Crippen molar-refractivity contribution in [1.29, 1.82) is 0 Å². The molecular formula is C60H39BrF9N17O2. The van der Waals surface area contributed by atoms with Crippen LogP contribution in [0.3, 0.4) is 0 Å². The molecule has 0 atom stereocenters. The lowest BCUT2D eigenvalue weighted by Crippen LogP contribution is -2.15. The summed E-state index contributed by atoms with van der Waals surface area (Å²) in [6, 6.07) is 34.8. The first-order chi connectivity index (χ1) is 42.6. The van der Waals surface area contributed by atoms with Crippen LogP contribution in [0.25, 0.3) is 62.0 Å². The Morgan fingerprint density at radius 1 is 0.404 bits per heavy atom. The zero-order valence-corrected chi connectivity index (χ0v) is 46.7. The van der Waals surface area contributed by atoms with Crippen molar-refractivity contribution >= 4 is 45.2 Å². The number of halogens is 10. The van der Waals surface area contributed by atoms with E-state index in [1.54, 1.807) is 91.3 Å². The van der Waals surface area contributed by atoms with Crippen molar-refractivity contribution in [2.45, 2.75) is 18.5 Å². The van der Waals surface area contributed by atoms with Crippen molar-refractivity contribution in [1.82, 2.24) is 69.2 Å². The van der Waals surface area contributed by atoms with Crippen LogP contribution >= 0.6 is 15.9 Å². The largest absolute Gasteiger partial charge is 0.433 e. The molecule has 12 aromatic rings. The molecule has 12 rings (SSSR count). The SMILES string of the molecule is Nc1ccc(-n2nc(-c3cccnc3)cc2C(F)(F)F)cn1.O=C(Nc1ccc(-n2nc(-c3cccnc3)cc2C(F)(F)F)cn1)c1cccc(-c2cncnc2)c1.O=C(Nc1ccc(-n2nc(-c3cccnc3)cc2C(F)(F)F)cn1)c1cccc(Br)c1. The van der Waals surface area contributed by atoms with Gasteiger partial charge < -0.3 is 16.4 Å². The molecule has 10 aromatic heterocycles. The Morgan fingerprint density at radius 2 is 0.787 bits per heavy atom. The van der Waals surface area contributed by atoms with Crippen LogP contribution in [0.15, 0.2) is 218 Å². The second-order valence-corrected chi connectivity index (χ2v) is 19.5. The molecule has 0 fully saturated rings. The molecule has 0 saturated carbocycles. The highest BCUT2D eigenvalue weighted by atomic mass is 79.9. The minimum atomic E-state index is -4.64.